The van der Waals surface area contributed by atoms with Gasteiger partial charge in [0.15, 0.2) is 5.75 Å². The summed E-state index contributed by atoms with van der Waals surface area (Å²) >= 11 is 6.08. The minimum absolute atomic E-state index is 0.0805. The third-order valence-electron chi connectivity index (χ3n) is 2.81. The minimum atomic E-state index is -0.504. The summed E-state index contributed by atoms with van der Waals surface area (Å²) in [6.45, 7) is 0.0852. The summed E-state index contributed by atoms with van der Waals surface area (Å²) in [6.07, 6.45) is 0. The third kappa shape index (κ3) is 3.49. The van der Waals surface area contributed by atoms with Crippen molar-refractivity contribution in [2.45, 2.75) is 6.61 Å². The highest BCUT2D eigenvalue weighted by atomic mass is 35.5. The van der Waals surface area contributed by atoms with Crippen molar-refractivity contribution in [1.82, 2.24) is 0 Å². The summed E-state index contributed by atoms with van der Waals surface area (Å²) in [5.41, 5.74) is 6.43. The molecule has 2 aromatic rings. The number of nitrogens with two attached hydrogens (primary N) is 1. The first-order valence-corrected chi connectivity index (χ1v) is 6.36. The van der Waals surface area contributed by atoms with Gasteiger partial charge in [0.05, 0.1) is 4.92 Å². The van der Waals surface area contributed by atoms with E-state index in [9.17, 15) is 10.1 Å². The second kappa shape index (κ2) is 6.23. The van der Waals surface area contributed by atoms with Gasteiger partial charge in [0, 0.05) is 22.2 Å². The fraction of sp³-hybridized carbons (Fsp3) is 0.0714. The maximum atomic E-state index is 10.9. The summed E-state index contributed by atoms with van der Waals surface area (Å²) in [5.74, 6) is 0.0947. The van der Waals surface area contributed by atoms with Crippen LogP contribution in [0.3, 0.4) is 0 Å². The molecule has 0 radical (unpaired) electrons. The van der Waals surface area contributed by atoms with Gasteiger partial charge in [-0.3, -0.25) is 15.5 Å². The van der Waals surface area contributed by atoms with E-state index in [0.717, 1.165) is 0 Å². The molecule has 2 aromatic carbocycles. The molecule has 0 bridgehead atoms. The first-order valence-electron chi connectivity index (χ1n) is 5.98. The molecule has 6 nitrogen and oxygen atoms in total. The molecule has 0 spiro atoms. The Balaban J connectivity index is 2.17. The van der Waals surface area contributed by atoms with E-state index in [0.29, 0.717) is 16.1 Å². The lowest BCUT2D eigenvalue weighted by molar-refractivity contribution is -0.385. The Morgan fingerprint density at radius 1 is 1.33 bits per heavy atom. The molecular formula is C14H12ClN3O3. The fourth-order valence-electron chi connectivity index (χ4n) is 1.72. The number of nitrogen functional groups attached to an aromatic ring is 1. The van der Waals surface area contributed by atoms with Gasteiger partial charge >= 0.3 is 5.69 Å². The van der Waals surface area contributed by atoms with E-state index in [-0.39, 0.29) is 23.9 Å². The van der Waals surface area contributed by atoms with Crippen molar-refractivity contribution in [2.24, 2.45) is 5.73 Å². The first kappa shape index (κ1) is 14.8. The predicted molar refractivity (Wildman–Crippen MR) is 79.9 cm³/mol. The number of hydrogen-bond acceptors (Lipinski definition) is 4. The zero-order valence-corrected chi connectivity index (χ0v) is 11.6. The molecule has 3 N–H and O–H groups in total. The first-order chi connectivity index (χ1) is 9.99. The van der Waals surface area contributed by atoms with Gasteiger partial charge < -0.3 is 10.5 Å². The number of nitrogens with one attached hydrogen (secondary N) is 1. The van der Waals surface area contributed by atoms with Gasteiger partial charge in [-0.05, 0) is 12.1 Å². The maximum Gasteiger partial charge on any atom is 0.310 e. The molecule has 2 rings (SSSR count). The van der Waals surface area contributed by atoms with Crippen molar-refractivity contribution in [3.63, 3.8) is 0 Å². The number of nitro benzene ring substituents is 1. The molecule has 0 saturated heterocycles. The number of benzene rings is 2. The molecule has 0 saturated carbocycles. The summed E-state index contributed by atoms with van der Waals surface area (Å²) < 4.78 is 5.45. The molecule has 108 valence electrons. The minimum Gasteiger partial charge on any atom is -0.482 e. The lowest BCUT2D eigenvalue weighted by atomic mass is 10.1. The van der Waals surface area contributed by atoms with Crippen molar-refractivity contribution in [2.75, 3.05) is 0 Å². The molecule has 0 aromatic heterocycles. The van der Waals surface area contributed by atoms with E-state index < -0.39 is 4.92 Å². The second-order valence-corrected chi connectivity index (χ2v) is 4.64. The van der Waals surface area contributed by atoms with Crippen LogP contribution < -0.4 is 10.5 Å². The molecule has 0 amide bonds. The topological polar surface area (TPSA) is 102 Å². The molecule has 0 heterocycles. The van der Waals surface area contributed by atoms with Crippen molar-refractivity contribution in [1.29, 1.82) is 5.41 Å². The van der Waals surface area contributed by atoms with Crippen LogP contribution in [0.1, 0.15) is 11.1 Å². The Labute approximate surface area is 125 Å². The molecule has 21 heavy (non-hydrogen) atoms. The van der Waals surface area contributed by atoms with Crippen molar-refractivity contribution >= 4 is 23.1 Å². The smallest absolute Gasteiger partial charge is 0.310 e. The number of ether oxygens (including phenoxy) is 1. The number of nitro groups is 1. The van der Waals surface area contributed by atoms with Crippen LogP contribution in [0.4, 0.5) is 5.69 Å². The largest absolute Gasteiger partial charge is 0.482 e. The Hall–Kier alpha value is -2.60. The third-order valence-corrected chi connectivity index (χ3v) is 3.16. The molecule has 0 aliphatic rings. The van der Waals surface area contributed by atoms with Crippen LogP contribution in [0.25, 0.3) is 0 Å². The van der Waals surface area contributed by atoms with E-state index in [4.69, 9.17) is 27.5 Å². The quantitative estimate of drug-likeness (QED) is 0.383. The number of amidine groups is 1. The lowest BCUT2D eigenvalue weighted by Crippen LogP contribution is -2.11. The van der Waals surface area contributed by atoms with Crippen LogP contribution in [-0.2, 0) is 6.61 Å². The van der Waals surface area contributed by atoms with Crippen LogP contribution >= 0.6 is 11.6 Å². The highest BCUT2D eigenvalue weighted by molar-refractivity contribution is 6.31. The van der Waals surface area contributed by atoms with Gasteiger partial charge in [-0.2, -0.15) is 0 Å². The van der Waals surface area contributed by atoms with Crippen LogP contribution in [0.15, 0.2) is 42.5 Å². The van der Waals surface area contributed by atoms with Gasteiger partial charge in [0.2, 0.25) is 0 Å². The fourth-order valence-corrected chi connectivity index (χ4v) is 1.95. The molecule has 0 atom stereocenters. The summed E-state index contributed by atoms with van der Waals surface area (Å²) in [7, 11) is 0. The Kier molecular flexibility index (Phi) is 4.39. The molecular weight excluding hydrogens is 294 g/mol. The average molecular weight is 306 g/mol. The standard InChI is InChI=1S/C14H12ClN3O3/c15-11-7-9(14(16)17)5-6-10(11)8-21-13-4-2-1-3-12(13)18(19)20/h1-7H,8H2,(H3,16,17). The van der Waals surface area contributed by atoms with Crippen LogP contribution in [0.5, 0.6) is 5.75 Å². The van der Waals surface area contributed by atoms with Crippen molar-refractivity contribution in [3.05, 3.63) is 68.7 Å². The van der Waals surface area contributed by atoms with Crippen LogP contribution in [0.2, 0.25) is 5.02 Å². The Bertz CT molecular complexity index is 704. The maximum absolute atomic E-state index is 10.9. The molecule has 0 unspecified atom stereocenters. The number of halogens is 1. The molecule has 7 heteroatoms. The zero-order valence-electron chi connectivity index (χ0n) is 10.9. The van der Waals surface area contributed by atoms with Gasteiger partial charge in [0.1, 0.15) is 12.4 Å². The normalized spacial score (nSPS) is 10.1. The van der Waals surface area contributed by atoms with Crippen molar-refractivity contribution < 1.29 is 9.66 Å². The summed E-state index contributed by atoms with van der Waals surface area (Å²) in [6, 6.07) is 11.0. The van der Waals surface area contributed by atoms with Gasteiger partial charge in [-0.1, -0.05) is 35.9 Å². The monoisotopic (exact) mass is 305 g/mol. The zero-order chi connectivity index (χ0) is 15.4. The van der Waals surface area contributed by atoms with E-state index >= 15 is 0 Å². The summed E-state index contributed by atoms with van der Waals surface area (Å²) in [5, 5.41) is 18.6. The van der Waals surface area contributed by atoms with E-state index in [1.165, 1.54) is 12.1 Å². The predicted octanol–water partition coefficient (Wildman–Crippen LogP) is 3.11. The highest BCUT2D eigenvalue weighted by Gasteiger charge is 2.14. The summed E-state index contributed by atoms with van der Waals surface area (Å²) in [4.78, 5) is 10.4. The number of hydrogen-bond donors (Lipinski definition) is 2. The highest BCUT2D eigenvalue weighted by Crippen LogP contribution is 2.27. The van der Waals surface area contributed by atoms with Crippen LogP contribution in [-0.4, -0.2) is 10.8 Å². The van der Waals surface area contributed by atoms with Crippen LogP contribution in [0, 0.1) is 15.5 Å². The Morgan fingerprint density at radius 2 is 2.05 bits per heavy atom. The second-order valence-electron chi connectivity index (χ2n) is 4.23. The van der Waals surface area contributed by atoms with E-state index in [1.807, 2.05) is 0 Å². The average Bonchev–Trinajstić information content (AvgIpc) is 2.46. The molecule has 0 aliphatic carbocycles. The number of para-hydroxylation sites is 2. The van der Waals surface area contributed by atoms with E-state index in [1.54, 1.807) is 30.3 Å². The number of nitrogens with zero attached hydrogens (tertiary/aromatic N) is 1. The van der Waals surface area contributed by atoms with Gasteiger partial charge in [-0.25, -0.2) is 0 Å². The van der Waals surface area contributed by atoms with E-state index in [2.05, 4.69) is 0 Å². The SMILES string of the molecule is N=C(N)c1ccc(COc2ccccc2[N+](=O)[O-])c(Cl)c1. The van der Waals surface area contributed by atoms with Gasteiger partial charge in [-0.15, -0.1) is 0 Å². The lowest BCUT2D eigenvalue weighted by Gasteiger charge is -2.09. The van der Waals surface area contributed by atoms with Crippen molar-refractivity contribution in [3.8, 4) is 5.75 Å². The Morgan fingerprint density at radius 3 is 2.67 bits per heavy atom. The number of rotatable bonds is 5. The molecule has 0 fully saturated rings. The van der Waals surface area contributed by atoms with Gasteiger partial charge in [0.25, 0.3) is 0 Å². The molecule has 0 aliphatic heterocycles.